The van der Waals surface area contributed by atoms with Crippen LogP contribution in [0.3, 0.4) is 0 Å². The normalized spacial score (nSPS) is 12.4. The van der Waals surface area contributed by atoms with Crippen molar-refractivity contribution < 1.29 is 31.9 Å². The fourth-order valence-corrected chi connectivity index (χ4v) is 4.23. The topological polar surface area (TPSA) is 142 Å². The molecule has 11 heteroatoms. The number of rotatable bonds is 9. The molecule has 0 saturated carbocycles. The second kappa shape index (κ2) is 11.3. The third-order valence-electron chi connectivity index (χ3n) is 4.92. The first-order valence-corrected chi connectivity index (χ1v) is 12.6. The van der Waals surface area contributed by atoms with E-state index in [1.165, 1.54) is 24.3 Å². The summed E-state index contributed by atoms with van der Waals surface area (Å²) >= 11 is 0. The Morgan fingerprint density at radius 1 is 0.946 bits per heavy atom. The van der Waals surface area contributed by atoms with Crippen LogP contribution in [0, 0.1) is 10.1 Å². The Morgan fingerprint density at radius 3 is 2.08 bits per heavy atom. The first kappa shape index (κ1) is 27.5. The first-order valence-electron chi connectivity index (χ1n) is 11.2. The van der Waals surface area contributed by atoms with Crippen LogP contribution in [0.15, 0.2) is 83.8 Å². The highest BCUT2D eigenvalue weighted by Crippen LogP contribution is 2.21. The minimum atomic E-state index is -4.44. The van der Waals surface area contributed by atoms with E-state index in [-0.39, 0.29) is 22.6 Å². The van der Waals surface area contributed by atoms with E-state index in [9.17, 15) is 28.1 Å². The highest BCUT2D eigenvalue weighted by Gasteiger charge is 2.29. The Bertz CT molecular complexity index is 1360. The van der Waals surface area contributed by atoms with Crippen LogP contribution in [-0.2, 0) is 30.3 Å². The lowest BCUT2D eigenvalue weighted by atomic mass is 10.1. The standard InChI is InChI=1S/C26H26N2O8S/c1-26(2,3)35-25(30)19-9-11-20(12-10-19)27-24(29)23(17-18-7-5-4-6-8-18)36-37(33,34)22-15-13-21(14-16-22)28(31)32/h4-16,23H,17H2,1-3H3,(H,27,29). The lowest BCUT2D eigenvalue weighted by Crippen LogP contribution is -2.34. The van der Waals surface area contributed by atoms with Crippen LogP contribution < -0.4 is 5.32 Å². The number of nitrogens with zero attached hydrogens (tertiary/aromatic N) is 1. The Hall–Kier alpha value is -4.09. The number of hydrogen-bond donors (Lipinski definition) is 1. The maximum absolute atomic E-state index is 13.1. The average molecular weight is 527 g/mol. The molecule has 37 heavy (non-hydrogen) atoms. The number of carbonyl (C=O) groups excluding carboxylic acids is 2. The molecule has 3 aromatic carbocycles. The highest BCUT2D eigenvalue weighted by molar-refractivity contribution is 7.86. The van der Waals surface area contributed by atoms with Crippen molar-refractivity contribution in [2.45, 2.75) is 43.8 Å². The van der Waals surface area contributed by atoms with Crippen LogP contribution in [0.4, 0.5) is 11.4 Å². The van der Waals surface area contributed by atoms with Crippen LogP contribution in [0.1, 0.15) is 36.7 Å². The first-order chi connectivity index (χ1) is 17.3. The molecule has 0 aliphatic rings. The van der Waals surface area contributed by atoms with Crippen LogP contribution in [0.2, 0.25) is 0 Å². The fraction of sp³-hybridized carbons (Fsp3) is 0.231. The summed E-state index contributed by atoms with van der Waals surface area (Å²) in [4.78, 5) is 35.2. The highest BCUT2D eigenvalue weighted by atomic mass is 32.2. The number of amides is 1. The predicted octanol–water partition coefficient (Wildman–Crippen LogP) is 4.51. The zero-order valence-corrected chi connectivity index (χ0v) is 21.2. The summed E-state index contributed by atoms with van der Waals surface area (Å²) in [7, 11) is -4.44. The van der Waals surface area contributed by atoms with Crippen molar-refractivity contribution in [3.63, 3.8) is 0 Å². The summed E-state index contributed by atoms with van der Waals surface area (Å²) in [5.41, 5.74) is 0.299. The second-order valence-corrected chi connectivity index (χ2v) is 10.6. The van der Waals surface area contributed by atoms with Crippen molar-refractivity contribution in [3.8, 4) is 0 Å². The Kier molecular flexibility index (Phi) is 8.41. The van der Waals surface area contributed by atoms with Gasteiger partial charge in [-0.05, 0) is 62.7 Å². The van der Waals surface area contributed by atoms with E-state index in [0.717, 1.165) is 24.3 Å². The summed E-state index contributed by atoms with van der Waals surface area (Å²) in [6, 6.07) is 18.8. The maximum atomic E-state index is 13.1. The van der Waals surface area contributed by atoms with E-state index in [2.05, 4.69) is 5.32 Å². The molecule has 3 rings (SSSR count). The van der Waals surface area contributed by atoms with Gasteiger partial charge < -0.3 is 10.1 Å². The second-order valence-electron chi connectivity index (χ2n) is 9.05. The molecule has 1 atom stereocenters. The molecule has 0 aromatic heterocycles. The molecular formula is C26H26N2O8S. The van der Waals surface area contributed by atoms with E-state index in [0.29, 0.717) is 11.3 Å². The van der Waals surface area contributed by atoms with Gasteiger partial charge in [0.05, 0.1) is 15.4 Å². The van der Waals surface area contributed by atoms with Gasteiger partial charge in [-0.3, -0.25) is 19.1 Å². The minimum absolute atomic E-state index is 0.0606. The van der Waals surface area contributed by atoms with Gasteiger partial charge in [0.25, 0.3) is 21.7 Å². The summed E-state index contributed by atoms with van der Waals surface area (Å²) < 4.78 is 36.4. The molecule has 1 unspecified atom stereocenters. The van der Waals surface area contributed by atoms with Gasteiger partial charge in [-0.15, -0.1) is 0 Å². The van der Waals surface area contributed by atoms with Gasteiger partial charge in [-0.1, -0.05) is 30.3 Å². The third-order valence-corrected chi connectivity index (χ3v) is 6.26. The van der Waals surface area contributed by atoms with Crippen molar-refractivity contribution in [1.82, 2.24) is 0 Å². The zero-order chi connectivity index (χ0) is 27.2. The number of hydrogen-bond acceptors (Lipinski definition) is 8. The van der Waals surface area contributed by atoms with Crippen LogP contribution in [0.5, 0.6) is 0 Å². The number of nitrogens with one attached hydrogen (secondary N) is 1. The van der Waals surface area contributed by atoms with Gasteiger partial charge in [0.2, 0.25) is 0 Å². The summed E-state index contributed by atoms with van der Waals surface area (Å²) in [6.45, 7) is 5.24. The van der Waals surface area contributed by atoms with Gasteiger partial charge in [0.15, 0.2) is 6.10 Å². The van der Waals surface area contributed by atoms with Gasteiger partial charge >= 0.3 is 5.97 Å². The van der Waals surface area contributed by atoms with E-state index in [4.69, 9.17) is 8.92 Å². The summed E-state index contributed by atoms with van der Waals surface area (Å²) in [5, 5.41) is 13.5. The van der Waals surface area contributed by atoms with Crippen LogP contribution >= 0.6 is 0 Å². The van der Waals surface area contributed by atoms with Crippen molar-refractivity contribution in [2.24, 2.45) is 0 Å². The third kappa shape index (κ3) is 7.95. The van der Waals surface area contributed by atoms with E-state index in [1.807, 2.05) is 0 Å². The van der Waals surface area contributed by atoms with E-state index < -0.39 is 38.6 Å². The van der Waals surface area contributed by atoms with Crippen molar-refractivity contribution in [1.29, 1.82) is 0 Å². The molecule has 10 nitrogen and oxygen atoms in total. The lowest BCUT2D eigenvalue weighted by Gasteiger charge is -2.20. The van der Waals surface area contributed by atoms with Gasteiger partial charge in [-0.25, -0.2) is 4.79 Å². The SMILES string of the molecule is CC(C)(C)OC(=O)c1ccc(NC(=O)C(Cc2ccccc2)OS(=O)(=O)c2ccc([N+](=O)[O-])cc2)cc1. The molecule has 0 heterocycles. The fourth-order valence-electron chi connectivity index (χ4n) is 3.19. The van der Waals surface area contributed by atoms with Gasteiger partial charge in [-0.2, -0.15) is 8.42 Å². The molecule has 1 N–H and O–H groups in total. The molecule has 0 aliphatic carbocycles. The minimum Gasteiger partial charge on any atom is -0.456 e. The molecule has 0 radical (unpaired) electrons. The molecule has 3 aromatic rings. The van der Waals surface area contributed by atoms with Crippen molar-refractivity contribution >= 4 is 33.4 Å². The number of carbonyl (C=O) groups is 2. The summed E-state index contributed by atoms with van der Waals surface area (Å²) in [5.74, 6) is -1.26. The van der Waals surface area contributed by atoms with Crippen molar-refractivity contribution in [3.05, 3.63) is 100 Å². The molecule has 0 saturated heterocycles. The Morgan fingerprint density at radius 2 is 1.54 bits per heavy atom. The average Bonchev–Trinajstić information content (AvgIpc) is 2.83. The number of anilines is 1. The largest absolute Gasteiger partial charge is 0.456 e. The number of esters is 1. The lowest BCUT2D eigenvalue weighted by molar-refractivity contribution is -0.384. The molecular weight excluding hydrogens is 500 g/mol. The zero-order valence-electron chi connectivity index (χ0n) is 20.4. The van der Waals surface area contributed by atoms with E-state index in [1.54, 1.807) is 51.1 Å². The molecule has 0 aliphatic heterocycles. The summed E-state index contributed by atoms with van der Waals surface area (Å²) in [6.07, 6.45) is -1.51. The van der Waals surface area contributed by atoms with Crippen molar-refractivity contribution in [2.75, 3.05) is 5.32 Å². The Labute approximate surface area is 214 Å². The van der Waals surface area contributed by atoms with Gasteiger partial charge in [0, 0.05) is 24.2 Å². The number of nitro benzene ring substituents is 1. The predicted molar refractivity (Wildman–Crippen MR) is 136 cm³/mol. The van der Waals surface area contributed by atoms with Gasteiger partial charge in [0.1, 0.15) is 5.60 Å². The van der Waals surface area contributed by atoms with Crippen LogP contribution in [-0.4, -0.2) is 36.9 Å². The molecule has 0 fully saturated rings. The van der Waals surface area contributed by atoms with E-state index >= 15 is 0 Å². The van der Waals surface area contributed by atoms with Crippen LogP contribution in [0.25, 0.3) is 0 Å². The maximum Gasteiger partial charge on any atom is 0.338 e. The smallest absolute Gasteiger partial charge is 0.338 e. The molecule has 0 spiro atoms. The quantitative estimate of drug-likeness (QED) is 0.186. The number of nitro groups is 1. The molecule has 1 amide bonds. The number of non-ortho nitro benzene ring substituents is 1. The molecule has 194 valence electrons. The Balaban J connectivity index is 1.80. The molecule has 0 bridgehead atoms. The number of ether oxygens (including phenoxy) is 1. The number of benzene rings is 3. The monoisotopic (exact) mass is 526 g/mol.